The van der Waals surface area contributed by atoms with Crippen LogP contribution in [0.4, 0.5) is 17.3 Å². The second-order valence-electron chi connectivity index (χ2n) is 9.30. The van der Waals surface area contributed by atoms with Crippen LogP contribution in [0.5, 0.6) is 0 Å². The fourth-order valence-corrected chi connectivity index (χ4v) is 5.65. The van der Waals surface area contributed by atoms with Gasteiger partial charge in [0.25, 0.3) is 0 Å². The Morgan fingerprint density at radius 3 is 2.22 bits per heavy atom. The SMILES string of the molecule is c1ccc(-c2nc(N3c4ccc5ccccc5c4-c4cccc5cccc3c45)nc3ccccc23)nc1. The van der Waals surface area contributed by atoms with E-state index in [1.54, 1.807) is 0 Å². The Balaban J connectivity index is 1.51. The first kappa shape index (κ1) is 20.1. The Kier molecular flexibility index (Phi) is 4.19. The van der Waals surface area contributed by atoms with Crippen LogP contribution in [-0.2, 0) is 0 Å². The van der Waals surface area contributed by atoms with Crippen LogP contribution < -0.4 is 4.90 Å². The fourth-order valence-electron chi connectivity index (χ4n) is 5.65. The van der Waals surface area contributed by atoms with Gasteiger partial charge in [-0.2, -0.15) is 0 Å². The van der Waals surface area contributed by atoms with Crippen LogP contribution >= 0.6 is 0 Å². The van der Waals surface area contributed by atoms with Crippen molar-refractivity contribution in [3.63, 3.8) is 0 Å². The van der Waals surface area contributed by atoms with E-state index in [1.165, 1.54) is 32.7 Å². The van der Waals surface area contributed by atoms with Crippen molar-refractivity contribution in [1.29, 1.82) is 0 Å². The van der Waals surface area contributed by atoms with Gasteiger partial charge in [0, 0.05) is 22.5 Å². The number of hydrogen-bond donors (Lipinski definition) is 0. The molecular weight excluding hydrogens is 452 g/mol. The number of anilines is 3. The molecule has 0 aliphatic carbocycles. The molecule has 2 aromatic heterocycles. The highest BCUT2D eigenvalue weighted by atomic mass is 15.3. The van der Waals surface area contributed by atoms with Crippen molar-refractivity contribution < 1.29 is 0 Å². The normalized spacial score (nSPS) is 12.3. The molecule has 4 nitrogen and oxygen atoms in total. The lowest BCUT2D eigenvalue weighted by molar-refractivity contribution is 1.11. The molecule has 1 aliphatic heterocycles. The predicted molar refractivity (Wildman–Crippen MR) is 151 cm³/mol. The highest BCUT2D eigenvalue weighted by Crippen LogP contribution is 2.52. The number of pyridine rings is 1. The third-order valence-corrected chi connectivity index (χ3v) is 7.24. The molecule has 7 aromatic rings. The number of benzene rings is 5. The summed E-state index contributed by atoms with van der Waals surface area (Å²) in [4.78, 5) is 17.2. The zero-order valence-corrected chi connectivity index (χ0v) is 19.8. The van der Waals surface area contributed by atoms with E-state index in [2.05, 4.69) is 88.7 Å². The number of aromatic nitrogens is 3. The van der Waals surface area contributed by atoms with Gasteiger partial charge in [-0.1, -0.05) is 84.9 Å². The molecule has 5 aromatic carbocycles. The Morgan fingerprint density at radius 2 is 1.32 bits per heavy atom. The van der Waals surface area contributed by atoms with E-state index in [0.29, 0.717) is 5.95 Å². The first-order valence-corrected chi connectivity index (χ1v) is 12.4. The maximum atomic E-state index is 5.19. The van der Waals surface area contributed by atoms with Gasteiger partial charge >= 0.3 is 0 Å². The summed E-state index contributed by atoms with van der Waals surface area (Å²) in [6, 6.07) is 40.1. The molecule has 0 radical (unpaired) electrons. The van der Waals surface area contributed by atoms with Crippen LogP contribution in [-0.4, -0.2) is 15.0 Å². The van der Waals surface area contributed by atoms with Gasteiger partial charge in [-0.15, -0.1) is 0 Å². The monoisotopic (exact) mass is 472 g/mol. The van der Waals surface area contributed by atoms with Gasteiger partial charge in [-0.05, 0) is 52.1 Å². The predicted octanol–water partition coefficient (Wildman–Crippen LogP) is 8.45. The van der Waals surface area contributed by atoms with E-state index in [0.717, 1.165) is 33.7 Å². The second kappa shape index (κ2) is 7.70. The van der Waals surface area contributed by atoms with Gasteiger partial charge in [0.2, 0.25) is 5.95 Å². The molecule has 0 bridgehead atoms. The van der Waals surface area contributed by atoms with E-state index < -0.39 is 0 Å². The van der Waals surface area contributed by atoms with Gasteiger partial charge in [0.1, 0.15) is 5.69 Å². The van der Waals surface area contributed by atoms with Crippen molar-refractivity contribution in [3.05, 3.63) is 121 Å². The maximum Gasteiger partial charge on any atom is 0.235 e. The lowest BCUT2D eigenvalue weighted by Gasteiger charge is -2.33. The number of hydrogen-bond acceptors (Lipinski definition) is 4. The Labute approximate surface area is 213 Å². The van der Waals surface area contributed by atoms with Crippen LogP contribution in [0.3, 0.4) is 0 Å². The minimum atomic E-state index is 0.637. The van der Waals surface area contributed by atoms with Crippen molar-refractivity contribution in [2.45, 2.75) is 0 Å². The largest absolute Gasteiger partial charge is 0.278 e. The first-order valence-electron chi connectivity index (χ1n) is 12.4. The molecule has 0 amide bonds. The molecule has 37 heavy (non-hydrogen) atoms. The fraction of sp³-hybridized carbons (Fsp3) is 0. The topological polar surface area (TPSA) is 41.9 Å². The van der Waals surface area contributed by atoms with Crippen LogP contribution in [0, 0.1) is 0 Å². The Hall–Kier alpha value is -5.09. The van der Waals surface area contributed by atoms with E-state index in [9.17, 15) is 0 Å². The molecule has 4 heteroatoms. The second-order valence-corrected chi connectivity index (χ2v) is 9.30. The van der Waals surface area contributed by atoms with Crippen LogP contribution in [0.15, 0.2) is 121 Å². The molecule has 0 spiro atoms. The zero-order valence-electron chi connectivity index (χ0n) is 19.8. The molecule has 0 fully saturated rings. The van der Waals surface area contributed by atoms with Crippen molar-refractivity contribution >= 4 is 49.8 Å². The molecule has 8 rings (SSSR count). The lowest BCUT2D eigenvalue weighted by Crippen LogP contribution is -2.18. The highest BCUT2D eigenvalue weighted by Gasteiger charge is 2.29. The van der Waals surface area contributed by atoms with Crippen molar-refractivity contribution in [2.75, 3.05) is 4.90 Å². The molecule has 1 aliphatic rings. The number of rotatable bonds is 2. The third-order valence-electron chi connectivity index (χ3n) is 7.24. The minimum absolute atomic E-state index is 0.637. The highest BCUT2D eigenvalue weighted by molar-refractivity contribution is 6.19. The zero-order chi connectivity index (χ0) is 24.3. The standard InChI is InChI=1S/C33H20N4/c1-2-12-23-21(9-1)18-19-29-31(23)25-14-7-10-22-11-8-17-28(30(22)25)37(29)33-35-26-15-4-3-13-24(26)32(36-33)27-16-5-6-20-34-27/h1-20H. The Morgan fingerprint density at radius 1 is 0.541 bits per heavy atom. The summed E-state index contributed by atoms with van der Waals surface area (Å²) < 4.78 is 0. The van der Waals surface area contributed by atoms with Crippen molar-refractivity contribution in [3.8, 4) is 22.5 Å². The molecule has 0 N–H and O–H groups in total. The summed E-state index contributed by atoms with van der Waals surface area (Å²) in [5.74, 6) is 0.637. The molecule has 0 saturated heterocycles. The van der Waals surface area contributed by atoms with E-state index >= 15 is 0 Å². The summed E-state index contributed by atoms with van der Waals surface area (Å²) in [7, 11) is 0. The van der Waals surface area contributed by atoms with Crippen molar-refractivity contribution in [1.82, 2.24) is 15.0 Å². The summed E-state index contributed by atoms with van der Waals surface area (Å²) in [6.07, 6.45) is 1.81. The minimum Gasteiger partial charge on any atom is -0.278 e. The molecule has 0 atom stereocenters. The van der Waals surface area contributed by atoms with Crippen LogP contribution in [0.1, 0.15) is 0 Å². The average molecular weight is 473 g/mol. The van der Waals surface area contributed by atoms with E-state index in [1.807, 2.05) is 42.6 Å². The number of nitrogens with zero attached hydrogens (tertiary/aromatic N) is 4. The summed E-state index contributed by atoms with van der Waals surface area (Å²) in [5.41, 5.74) is 7.15. The molecule has 172 valence electrons. The third kappa shape index (κ3) is 2.93. The summed E-state index contributed by atoms with van der Waals surface area (Å²) in [5, 5.41) is 5.83. The van der Waals surface area contributed by atoms with E-state index in [4.69, 9.17) is 9.97 Å². The summed E-state index contributed by atoms with van der Waals surface area (Å²) >= 11 is 0. The molecule has 3 heterocycles. The molecule has 0 saturated carbocycles. The van der Waals surface area contributed by atoms with E-state index in [-0.39, 0.29) is 0 Å². The summed E-state index contributed by atoms with van der Waals surface area (Å²) in [6.45, 7) is 0. The van der Waals surface area contributed by atoms with Crippen LogP contribution in [0.2, 0.25) is 0 Å². The first-order chi connectivity index (χ1) is 18.4. The lowest BCUT2D eigenvalue weighted by atomic mass is 9.88. The number of para-hydroxylation sites is 1. The van der Waals surface area contributed by atoms with Gasteiger partial charge in [0.05, 0.1) is 22.6 Å². The van der Waals surface area contributed by atoms with Gasteiger partial charge < -0.3 is 0 Å². The number of fused-ring (bicyclic) bond motifs is 5. The van der Waals surface area contributed by atoms with Gasteiger partial charge in [0.15, 0.2) is 0 Å². The maximum absolute atomic E-state index is 5.19. The van der Waals surface area contributed by atoms with Crippen molar-refractivity contribution in [2.24, 2.45) is 0 Å². The Bertz CT molecular complexity index is 1990. The smallest absolute Gasteiger partial charge is 0.235 e. The quantitative estimate of drug-likeness (QED) is 0.253. The van der Waals surface area contributed by atoms with Gasteiger partial charge in [-0.25, -0.2) is 9.97 Å². The van der Waals surface area contributed by atoms with Crippen LogP contribution in [0.25, 0.3) is 55.0 Å². The molecular formula is C33H20N4. The average Bonchev–Trinajstić information content (AvgIpc) is 2.97. The molecule has 0 unspecified atom stereocenters. The van der Waals surface area contributed by atoms with Gasteiger partial charge in [-0.3, -0.25) is 9.88 Å².